The standard InChI is InChI=1S/C14H6Br2Cl2F4O3P.2Na.2H/c15-11-5-7(17)1-3-9(11)13(19,20)24-26(23)25-14(21,22)10-4-2-8(18)6-12(10)16;;;;/h1-6H;;;;/q3*+1;2*-1. The van der Waals surface area contributed by atoms with Crippen molar-refractivity contribution in [2.75, 3.05) is 0 Å². The maximum absolute atomic E-state index is 14.1. The van der Waals surface area contributed by atoms with Crippen LogP contribution in [0, 0.1) is 0 Å². The summed E-state index contributed by atoms with van der Waals surface area (Å²) in [5.41, 5.74) is -1.52. The summed E-state index contributed by atoms with van der Waals surface area (Å²) in [6.45, 7) is 0. The fraction of sp³-hybridized carbons (Fsp3) is 0.143. The molecule has 0 spiro atoms. The second-order valence-corrected chi connectivity index (χ2v) is 8.08. The monoisotopic (exact) mass is 605 g/mol. The minimum Gasteiger partial charge on any atom is -1.00 e. The van der Waals surface area contributed by atoms with Crippen LogP contribution in [0.1, 0.15) is 14.0 Å². The molecule has 2 rings (SSSR count). The van der Waals surface area contributed by atoms with Crippen molar-refractivity contribution in [3.05, 3.63) is 66.5 Å². The van der Waals surface area contributed by atoms with E-state index in [4.69, 9.17) is 23.2 Å². The first kappa shape index (κ1) is 29.7. The maximum atomic E-state index is 14.1. The topological polar surface area (TPSA) is 35.5 Å². The molecule has 0 fully saturated rings. The van der Waals surface area contributed by atoms with E-state index < -0.39 is 31.6 Å². The van der Waals surface area contributed by atoms with Crippen molar-refractivity contribution in [3.63, 3.8) is 0 Å². The molecular formula is C14H8Br2Cl2F4Na2O3P+. The zero-order chi connectivity index (χ0) is 19.7. The summed E-state index contributed by atoms with van der Waals surface area (Å²) < 4.78 is 75.5. The summed E-state index contributed by atoms with van der Waals surface area (Å²) in [6, 6.07) is 6.33. The molecule has 0 radical (unpaired) electrons. The maximum Gasteiger partial charge on any atom is 1.00 e. The van der Waals surface area contributed by atoms with Gasteiger partial charge in [-0.15, -0.1) is 0 Å². The van der Waals surface area contributed by atoms with Gasteiger partial charge in [-0.3, -0.25) is 0 Å². The fourth-order valence-corrected chi connectivity index (χ4v) is 4.19. The molecular weight excluding hydrogens is 600 g/mol. The van der Waals surface area contributed by atoms with E-state index in [0.29, 0.717) is 0 Å². The van der Waals surface area contributed by atoms with Gasteiger partial charge in [-0.05, 0) is 45.4 Å². The molecule has 0 saturated heterocycles. The summed E-state index contributed by atoms with van der Waals surface area (Å²) in [5.74, 6) is 0. The molecule has 2 aromatic carbocycles. The molecule has 0 saturated carbocycles. The molecule has 0 amide bonds. The van der Waals surface area contributed by atoms with Gasteiger partial charge in [0.05, 0.1) is 11.1 Å². The van der Waals surface area contributed by atoms with Gasteiger partial charge < -0.3 is 2.85 Å². The minimum atomic E-state index is -4.18. The second kappa shape index (κ2) is 12.1. The van der Waals surface area contributed by atoms with Crippen LogP contribution in [-0.4, -0.2) is 0 Å². The van der Waals surface area contributed by atoms with Crippen molar-refractivity contribution in [3.8, 4) is 0 Å². The van der Waals surface area contributed by atoms with Crippen LogP contribution in [0.4, 0.5) is 17.6 Å². The number of halogens is 8. The Bertz CT molecular complexity index is 808. The van der Waals surface area contributed by atoms with Crippen LogP contribution in [0.15, 0.2) is 45.3 Å². The van der Waals surface area contributed by atoms with Crippen LogP contribution >= 0.6 is 63.3 Å². The van der Waals surface area contributed by atoms with Crippen LogP contribution in [0.25, 0.3) is 0 Å². The predicted octanol–water partition coefficient (Wildman–Crippen LogP) is 2.24. The van der Waals surface area contributed by atoms with Gasteiger partial charge in [-0.25, -0.2) is 0 Å². The number of hydrogen-bond acceptors (Lipinski definition) is 3. The number of alkyl halides is 4. The van der Waals surface area contributed by atoms with Gasteiger partial charge in [-0.2, -0.15) is 17.6 Å². The summed E-state index contributed by atoms with van der Waals surface area (Å²) in [4.78, 5) is 0. The van der Waals surface area contributed by atoms with Crippen LogP contribution < -0.4 is 59.1 Å². The molecule has 14 heteroatoms. The Balaban J connectivity index is -0.00000182. The average Bonchev–Trinajstić information content (AvgIpc) is 2.44. The first-order valence-electron chi connectivity index (χ1n) is 6.44. The third kappa shape index (κ3) is 8.01. The third-order valence-electron chi connectivity index (χ3n) is 2.87. The Kier molecular flexibility index (Phi) is 12.8. The summed E-state index contributed by atoms with van der Waals surface area (Å²) >= 11 is 17.0. The normalized spacial score (nSPS) is 11.4. The van der Waals surface area contributed by atoms with Crippen LogP contribution in [0.3, 0.4) is 0 Å². The first-order valence-corrected chi connectivity index (χ1v) is 9.88. The van der Waals surface area contributed by atoms with E-state index in [1.807, 2.05) is 0 Å². The summed E-state index contributed by atoms with van der Waals surface area (Å²) in [7, 11) is -3.90. The molecule has 144 valence electrons. The quantitative estimate of drug-likeness (QED) is 0.287. The number of rotatable bonds is 6. The Hall–Kier alpha value is 1.72. The first-order chi connectivity index (χ1) is 11.9. The molecule has 0 aliphatic rings. The smallest absolute Gasteiger partial charge is 1.00 e. The molecule has 0 aliphatic heterocycles. The molecule has 2 aromatic rings. The molecule has 0 aliphatic carbocycles. The molecule has 28 heavy (non-hydrogen) atoms. The van der Waals surface area contributed by atoms with E-state index in [-0.39, 0.29) is 81.0 Å². The zero-order valence-electron chi connectivity index (χ0n) is 16.2. The van der Waals surface area contributed by atoms with E-state index in [0.717, 1.165) is 36.4 Å². The molecule has 3 nitrogen and oxygen atoms in total. The Morgan fingerprint density at radius 3 is 1.43 bits per heavy atom. The van der Waals surface area contributed by atoms with E-state index in [1.54, 1.807) is 0 Å². The SMILES string of the molecule is O=[P+](OC(F)(F)c1ccc(Cl)cc1Br)OC(F)(F)c1ccc(Cl)cc1Br.[H-].[H-].[Na+].[Na+]. The zero-order valence-corrected chi connectivity index (χ0v) is 23.7. The van der Waals surface area contributed by atoms with Crippen molar-refractivity contribution < 1.29 is 93.1 Å². The van der Waals surface area contributed by atoms with Gasteiger partial charge in [0, 0.05) is 23.6 Å². The molecule has 0 atom stereocenters. The molecule has 0 aromatic heterocycles. The second-order valence-electron chi connectivity index (χ2n) is 4.69. The van der Waals surface area contributed by atoms with Crippen LogP contribution in [-0.2, 0) is 25.8 Å². The summed E-state index contributed by atoms with van der Waals surface area (Å²) in [6.07, 6.45) is -8.35. The minimum absolute atomic E-state index is 0. The molecule has 0 unspecified atom stereocenters. The number of benzene rings is 2. The predicted molar refractivity (Wildman–Crippen MR) is 98.1 cm³/mol. The van der Waals surface area contributed by atoms with Crippen LogP contribution in [0.5, 0.6) is 0 Å². The molecule has 0 bridgehead atoms. The van der Waals surface area contributed by atoms with Crippen molar-refractivity contribution in [1.82, 2.24) is 0 Å². The van der Waals surface area contributed by atoms with Gasteiger partial charge in [0.15, 0.2) is 0 Å². The van der Waals surface area contributed by atoms with E-state index in [9.17, 15) is 22.1 Å². The Morgan fingerprint density at radius 1 is 0.821 bits per heavy atom. The Labute approximate surface area is 232 Å². The number of hydrogen-bond donors (Lipinski definition) is 0. The van der Waals surface area contributed by atoms with Crippen molar-refractivity contribution in [2.24, 2.45) is 0 Å². The third-order valence-corrected chi connectivity index (χ3v) is 5.41. The largest absolute Gasteiger partial charge is 1.00 e. The van der Waals surface area contributed by atoms with Gasteiger partial charge in [0.1, 0.15) is 0 Å². The van der Waals surface area contributed by atoms with Crippen molar-refractivity contribution >= 4 is 63.3 Å². The summed E-state index contributed by atoms with van der Waals surface area (Å²) in [5, 5.41) is 0.298. The molecule has 0 N–H and O–H groups in total. The van der Waals surface area contributed by atoms with Crippen molar-refractivity contribution in [2.45, 2.75) is 12.2 Å². The van der Waals surface area contributed by atoms with E-state index in [1.165, 1.54) is 0 Å². The van der Waals surface area contributed by atoms with Crippen LogP contribution in [0.2, 0.25) is 10.0 Å². The Morgan fingerprint density at radius 2 is 1.14 bits per heavy atom. The van der Waals surface area contributed by atoms with Gasteiger partial charge in [0.2, 0.25) is 0 Å². The molecule has 0 heterocycles. The van der Waals surface area contributed by atoms with Gasteiger partial charge in [0.25, 0.3) is 0 Å². The average molecular weight is 608 g/mol. The van der Waals surface area contributed by atoms with E-state index >= 15 is 0 Å². The van der Waals surface area contributed by atoms with Gasteiger partial charge in [-0.1, -0.05) is 55.1 Å². The van der Waals surface area contributed by atoms with E-state index in [2.05, 4.69) is 40.9 Å². The van der Waals surface area contributed by atoms with Crippen molar-refractivity contribution in [1.29, 1.82) is 0 Å². The fourth-order valence-electron chi connectivity index (χ4n) is 1.76. The van der Waals surface area contributed by atoms with Gasteiger partial charge >= 0.3 is 79.6 Å².